The standard InChI is InChI=1S/C23H26F2N2O4S2/c24-23(25)33(30,31)18-12-10-17(11-13-18)27-22(29)19-8-4-5-9-20(19)32-15-21(28)26-14-16-6-2-1-3-7-16/h4-5,8-13,16,23H,1-3,6-7,14-15H2,(H,26,28)(H,27,29). The van der Waals surface area contributed by atoms with E-state index in [0.29, 0.717) is 22.9 Å². The summed E-state index contributed by atoms with van der Waals surface area (Å²) in [6.45, 7) is 0.679. The topological polar surface area (TPSA) is 92.3 Å². The number of halogens is 2. The molecule has 6 nitrogen and oxygen atoms in total. The van der Waals surface area contributed by atoms with Crippen molar-refractivity contribution in [2.24, 2.45) is 5.92 Å². The van der Waals surface area contributed by atoms with Gasteiger partial charge in [0, 0.05) is 17.1 Å². The highest BCUT2D eigenvalue weighted by molar-refractivity contribution is 8.00. The lowest BCUT2D eigenvalue weighted by Crippen LogP contribution is -2.31. The predicted octanol–water partition coefficient (Wildman–Crippen LogP) is 4.72. The number of thioether (sulfide) groups is 1. The van der Waals surface area contributed by atoms with Crippen LogP contribution in [0.4, 0.5) is 14.5 Å². The lowest BCUT2D eigenvalue weighted by atomic mass is 9.89. The van der Waals surface area contributed by atoms with Gasteiger partial charge < -0.3 is 10.6 Å². The molecule has 0 radical (unpaired) electrons. The summed E-state index contributed by atoms with van der Waals surface area (Å²) >= 11 is 1.25. The SMILES string of the molecule is O=C(CSc1ccccc1C(=O)Nc1ccc(S(=O)(=O)C(F)F)cc1)NCC1CCCCC1. The Balaban J connectivity index is 1.57. The Labute approximate surface area is 196 Å². The lowest BCUT2D eigenvalue weighted by molar-refractivity contribution is -0.118. The van der Waals surface area contributed by atoms with E-state index < -0.39 is 26.4 Å². The quantitative estimate of drug-likeness (QED) is 0.490. The second-order valence-corrected chi connectivity index (χ2v) is 10.8. The largest absolute Gasteiger partial charge is 0.355 e. The minimum Gasteiger partial charge on any atom is -0.355 e. The number of sulfone groups is 1. The van der Waals surface area contributed by atoms with Crippen LogP contribution in [0, 0.1) is 5.92 Å². The van der Waals surface area contributed by atoms with Crippen LogP contribution in [0.5, 0.6) is 0 Å². The van der Waals surface area contributed by atoms with Gasteiger partial charge in [-0.05, 0) is 55.2 Å². The van der Waals surface area contributed by atoms with Crippen LogP contribution in [0.2, 0.25) is 0 Å². The van der Waals surface area contributed by atoms with Gasteiger partial charge in [0.2, 0.25) is 15.7 Å². The summed E-state index contributed by atoms with van der Waals surface area (Å²) in [6, 6.07) is 11.4. The van der Waals surface area contributed by atoms with Crippen LogP contribution in [0.25, 0.3) is 0 Å². The van der Waals surface area contributed by atoms with E-state index in [1.165, 1.54) is 43.2 Å². The number of carbonyl (C=O) groups excluding carboxylic acids is 2. The van der Waals surface area contributed by atoms with E-state index in [9.17, 15) is 26.8 Å². The average molecular weight is 497 g/mol. The van der Waals surface area contributed by atoms with Gasteiger partial charge in [-0.3, -0.25) is 9.59 Å². The first kappa shape index (κ1) is 25.2. The summed E-state index contributed by atoms with van der Waals surface area (Å²) in [4.78, 5) is 25.1. The van der Waals surface area contributed by atoms with Crippen LogP contribution < -0.4 is 10.6 Å². The Morgan fingerprint density at radius 3 is 2.33 bits per heavy atom. The second-order valence-electron chi connectivity index (χ2n) is 7.88. The van der Waals surface area contributed by atoms with E-state index >= 15 is 0 Å². The molecular formula is C23H26F2N2O4S2. The Kier molecular flexibility index (Phi) is 8.85. The number of hydrogen-bond acceptors (Lipinski definition) is 5. The van der Waals surface area contributed by atoms with Gasteiger partial charge >= 0.3 is 5.76 Å². The highest BCUT2D eigenvalue weighted by Crippen LogP contribution is 2.25. The number of alkyl halides is 2. The molecule has 2 aromatic carbocycles. The minimum atomic E-state index is -4.70. The number of amides is 2. The van der Waals surface area contributed by atoms with Crippen molar-refractivity contribution in [3.05, 3.63) is 54.1 Å². The normalized spacial score (nSPS) is 14.8. The molecule has 1 saturated carbocycles. The zero-order valence-electron chi connectivity index (χ0n) is 17.9. The van der Waals surface area contributed by atoms with Gasteiger partial charge in [0.1, 0.15) is 0 Å². The number of hydrogen-bond donors (Lipinski definition) is 2. The van der Waals surface area contributed by atoms with Crippen molar-refractivity contribution in [1.82, 2.24) is 5.32 Å². The van der Waals surface area contributed by atoms with Gasteiger partial charge in [0.25, 0.3) is 5.91 Å². The van der Waals surface area contributed by atoms with Crippen molar-refractivity contribution in [3.63, 3.8) is 0 Å². The Morgan fingerprint density at radius 1 is 1.00 bits per heavy atom. The number of carbonyl (C=O) groups is 2. The van der Waals surface area contributed by atoms with Crippen LogP contribution in [0.3, 0.4) is 0 Å². The zero-order valence-corrected chi connectivity index (χ0v) is 19.6. The molecule has 2 amide bonds. The molecule has 0 unspecified atom stereocenters. The second kappa shape index (κ2) is 11.6. The molecule has 3 rings (SSSR count). The zero-order chi connectivity index (χ0) is 23.8. The van der Waals surface area contributed by atoms with Crippen molar-refractivity contribution >= 4 is 39.1 Å². The maximum Gasteiger partial charge on any atom is 0.341 e. The van der Waals surface area contributed by atoms with Gasteiger partial charge in [-0.15, -0.1) is 11.8 Å². The highest BCUT2D eigenvalue weighted by atomic mass is 32.2. The van der Waals surface area contributed by atoms with E-state index in [-0.39, 0.29) is 17.3 Å². The van der Waals surface area contributed by atoms with Crippen molar-refractivity contribution < 1.29 is 26.8 Å². The van der Waals surface area contributed by atoms with E-state index in [1.54, 1.807) is 24.3 Å². The maximum absolute atomic E-state index is 12.7. The molecule has 0 saturated heterocycles. The smallest absolute Gasteiger partial charge is 0.341 e. The Morgan fingerprint density at radius 2 is 1.67 bits per heavy atom. The lowest BCUT2D eigenvalue weighted by Gasteiger charge is -2.21. The van der Waals surface area contributed by atoms with Crippen LogP contribution in [-0.2, 0) is 14.6 Å². The molecular weight excluding hydrogens is 470 g/mol. The van der Waals surface area contributed by atoms with Gasteiger partial charge in [0.15, 0.2) is 0 Å². The molecule has 0 bridgehead atoms. The van der Waals surface area contributed by atoms with Crippen LogP contribution in [0.15, 0.2) is 58.3 Å². The van der Waals surface area contributed by atoms with E-state index in [2.05, 4.69) is 10.6 Å². The number of benzene rings is 2. The average Bonchev–Trinajstić information content (AvgIpc) is 2.82. The van der Waals surface area contributed by atoms with Crippen molar-refractivity contribution in [3.8, 4) is 0 Å². The molecule has 33 heavy (non-hydrogen) atoms. The molecule has 0 aliphatic heterocycles. The number of nitrogens with one attached hydrogen (secondary N) is 2. The molecule has 178 valence electrons. The highest BCUT2D eigenvalue weighted by Gasteiger charge is 2.26. The monoisotopic (exact) mass is 496 g/mol. The summed E-state index contributed by atoms with van der Waals surface area (Å²) in [5.41, 5.74) is 0.616. The number of rotatable bonds is 9. The summed E-state index contributed by atoms with van der Waals surface area (Å²) in [5.74, 6) is -3.34. The van der Waals surface area contributed by atoms with Crippen LogP contribution in [-0.4, -0.2) is 38.3 Å². The molecule has 0 atom stereocenters. The summed E-state index contributed by atoms with van der Waals surface area (Å²) in [7, 11) is -4.70. The summed E-state index contributed by atoms with van der Waals surface area (Å²) in [6.07, 6.45) is 5.97. The number of anilines is 1. The minimum absolute atomic E-state index is 0.0865. The molecule has 10 heteroatoms. The maximum atomic E-state index is 12.7. The van der Waals surface area contributed by atoms with E-state index in [4.69, 9.17) is 0 Å². The first-order valence-electron chi connectivity index (χ1n) is 10.7. The predicted molar refractivity (Wildman–Crippen MR) is 124 cm³/mol. The van der Waals surface area contributed by atoms with Crippen LogP contribution in [0.1, 0.15) is 42.5 Å². The van der Waals surface area contributed by atoms with Crippen LogP contribution >= 0.6 is 11.8 Å². The fraction of sp³-hybridized carbons (Fsp3) is 0.391. The molecule has 0 aromatic heterocycles. The van der Waals surface area contributed by atoms with Gasteiger partial charge in [-0.25, -0.2) is 8.42 Å². The molecule has 2 N–H and O–H groups in total. The van der Waals surface area contributed by atoms with Gasteiger partial charge in [-0.1, -0.05) is 31.4 Å². The fourth-order valence-electron chi connectivity index (χ4n) is 3.65. The molecule has 2 aromatic rings. The Hall–Kier alpha value is -2.46. The van der Waals surface area contributed by atoms with E-state index in [0.717, 1.165) is 25.0 Å². The van der Waals surface area contributed by atoms with Crippen molar-refractivity contribution in [2.45, 2.75) is 47.7 Å². The molecule has 1 aliphatic carbocycles. The molecule has 1 aliphatic rings. The first-order chi connectivity index (χ1) is 15.8. The van der Waals surface area contributed by atoms with Crippen molar-refractivity contribution in [1.29, 1.82) is 0 Å². The third-order valence-corrected chi connectivity index (χ3v) is 7.95. The first-order valence-corrected chi connectivity index (χ1v) is 13.2. The van der Waals surface area contributed by atoms with E-state index in [1.807, 2.05) is 0 Å². The third kappa shape index (κ3) is 7.01. The molecule has 0 heterocycles. The molecule has 1 fully saturated rings. The summed E-state index contributed by atoms with van der Waals surface area (Å²) in [5, 5.41) is 5.60. The fourth-order valence-corrected chi connectivity index (χ4v) is 5.25. The third-order valence-electron chi connectivity index (χ3n) is 5.48. The Bertz CT molecular complexity index is 1070. The van der Waals surface area contributed by atoms with Gasteiger partial charge in [-0.2, -0.15) is 8.78 Å². The summed E-state index contributed by atoms with van der Waals surface area (Å²) < 4.78 is 48.4. The van der Waals surface area contributed by atoms with Crippen molar-refractivity contribution in [2.75, 3.05) is 17.6 Å². The molecule has 0 spiro atoms. The van der Waals surface area contributed by atoms with Gasteiger partial charge in [0.05, 0.1) is 16.2 Å².